The van der Waals surface area contributed by atoms with E-state index >= 15 is 0 Å². The summed E-state index contributed by atoms with van der Waals surface area (Å²) in [6, 6.07) is 9.52. The molecular formula is C23H26N6O3. The van der Waals surface area contributed by atoms with Gasteiger partial charge in [-0.3, -0.25) is 14.8 Å². The van der Waals surface area contributed by atoms with Gasteiger partial charge in [-0.2, -0.15) is 4.98 Å². The molecule has 0 saturated carbocycles. The van der Waals surface area contributed by atoms with Gasteiger partial charge in [0, 0.05) is 37.5 Å². The van der Waals surface area contributed by atoms with Gasteiger partial charge in [0.15, 0.2) is 0 Å². The van der Waals surface area contributed by atoms with Gasteiger partial charge in [-0.1, -0.05) is 12.1 Å². The molecule has 3 aliphatic heterocycles. The predicted molar refractivity (Wildman–Crippen MR) is 121 cm³/mol. The van der Waals surface area contributed by atoms with E-state index in [1.54, 1.807) is 26.5 Å². The molecule has 9 nitrogen and oxygen atoms in total. The fourth-order valence-electron chi connectivity index (χ4n) is 4.76. The second-order valence-corrected chi connectivity index (χ2v) is 8.31. The lowest BCUT2D eigenvalue weighted by atomic mass is 9.85. The molecule has 1 unspecified atom stereocenters. The fraction of sp³-hybridized carbons (Fsp3) is 0.435. The van der Waals surface area contributed by atoms with Crippen LogP contribution in [0.2, 0.25) is 0 Å². The van der Waals surface area contributed by atoms with E-state index < -0.39 is 5.41 Å². The molecule has 3 aliphatic rings. The minimum Gasteiger partial charge on any atom is -0.497 e. The highest BCUT2D eigenvalue weighted by atomic mass is 16.5. The van der Waals surface area contributed by atoms with Crippen LogP contribution in [0.5, 0.6) is 11.6 Å². The van der Waals surface area contributed by atoms with Gasteiger partial charge in [0.2, 0.25) is 17.7 Å². The molecule has 0 N–H and O–H groups in total. The molecule has 166 valence electrons. The number of rotatable bonds is 6. The van der Waals surface area contributed by atoms with Crippen LogP contribution in [0.3, 0.4) is 0 Å². The number of methoxy groups -OCH3 is 2. The minimum absolute atomic E-state index is 0.183. The van der Waals surface area contributed by atoms with Crippen LogP contribution in [-0.4, -0.2) is 79.3 Å². The molecule has 2 aromatic rings. The zero-order valence-corrected chi connectivity index (χ0v) is 18.3. The van der Waals surface area contributed by atoms with Crippen LogP contribution in [0.1, 0.15) is 18.4 Å². The van der Waals surface area contributed by atoms with Crippen molar-refractivity contribution in [2.75, 3.05) is 52.0 Å². The Bertz CT molecular complexity index is 1100. The highest BCUT2D eigenvalue weighted by molar-refractivity contribution is 6.50. The standard InChI is InChI=1S/C23H26N6O3/c1-31-17-5-3-4-16(12-17)20-18(25-15-26-20)13-28-10-7-23(21(28)30)8-11-29(14-23)22-24-9-6-19(27-22)32-2/h3-6,9,12H,7-8,10-11,13-15H2,1-2H3. The average molecular weight is 435 g/mol. The Morgan fingerprint density at radius 3 is 2.81 bits per heavy atom. The number of aliphatic imine (C=N–C) groups is 2. The Balaban J connectivity index is 1.28. The van der Waals surface area contributed by atoms with Crippen molar-refractivity contribution >= 4 is 23.3 Å². The van der Waals surface area contributed by atoms with E-state index in [2.05, 4.69) is 24.9 Å². The molecule has 5 rings (SSSR count). The molecule has 4 heterocycles. The maximum atomic E-state index is 13.5. The number of carbonyl (C=O) groups is 1. The fourth-order valence-corrected chi connectivity index (χ4v) is 4.76. The van der Waals surface area contributed by atoms with Crippen LogP contribution in [0.15, 0.2) is 46.5 Å². The molecule has 1 atom stereocenters. The number of benzene rings is 1. The van der Waals surface area contributed by atoms with E-state index in [9.17, 15) is 4.79 Å². The highest BCUT2D eigenvalue weighted by Gasteiger charge is 2.51. The smallest absolute Gasteiger partial charge is 0.231 e. The summed E-state index contributed by atoms with van der Waals surface area (Å²) in [5.74, 6) is 2.10. The van der Waals surface area contributed by atoms with Gasteiger partial charge in [-0.15, -0.1) is 0 Å². The lowest BCUT2D eigenvalue weighted by molar-refractivity contribution is -0.134. The number of ether oxygens (including phenoxy) is 2. The van der Waals surface area contributed by atoms with Crippen molar-refractivity contribution < 1.29 is 14.3 Å². The normalized spacial score (nSPS) is 22.5. The first kappa shape index (κ1) is 20.4. The number of nitrogens with zero attached hydrogens (tertiary/aromatic N) is 6. The second-order valence-electron chi connectivity index (χ2n) is 8.31. The molecule has 2 fully saturated rings. The Morgan fingerprint density at radius 1 is 1.09 bits per heavy atom. The Kier molecular flexibility index (Phi) is 5.24. The van der Waals surface area contributed by atoms with Crippen molar-refractivity contribution in [1.82, 2.24) is 14.9 Å². The van der Waals surface area contributed by atoms with Gasteiger partial charge in [0.1, 0.15) is 12.4 Å². The third-order valence-electron chi connectivity index (χ3n) is 6.51. The van der Waals surface area contributed by atoms with Gasteiger partial charge >= 0.3 is 0 Å². The zero-order chi connectivity index (χ0) is 22.1. The quantitative estimate of drug-likeness (QED) is 0.689. The minimum atomic E-state index is -0.390. The first-order valence-electron chi connectivity index (χ1n) is 10.8. The van der Waals surface area contributed by atoms with E-state index in [1.165, 1.54) is 0 Å². The molecule has 1 spiro atoms. The highest BCUT2D eigenvalue weighted by Crippen LogP contribution is 2.41. The maximum absolute atomic E-state index is 13.5. The first-order chi connectivity index (χ1) is 15.6. The summed E-state index contributed by atoms with van der Waals surface area (Å²) in [6.07, 6.45) is 3.31. The molecule has 1 amide bonds. The molecular weight excluding hydrogens is 408 g/mol. The summed E-state index contributed by atoms with van der Waals surface area (Å²) < 4.78 is 10.6. The summed E-state index contributed by atoms with van der Waals surface area (Å²) in [6.45, 7) is 2.97. The largest absolute Gasteiger partial charge is 0.497 e. The van der Waals surface area contributed by atoms with Gasteiger partial charge in [0.25, 0.3) is 0 Å². The van der Waals surface area contributed by atoms with E-state index in [-0.39, 0.29) is 5.91 Å². The monoisotopic (exact) mass is 434 g/mol. The number of hydrogen-bond donors (Lipinski definition) is 0. The third kappa shape index (κ3) is 3.57. The number of hydrogen-bond acceptors (Lipinski definition) is 8. The van der Waals surface area contributed by atoms with Crippen LogP contribution >= 0.6 is 0 Å². The van der Waals surface area contributed by atoms with Crippen molar-refractivity contribution in [3.05, 3.63) is 42.1 Å². The topological polar surface area (TPSA) is 92.5 Å². The van der Waals surface area contributed by atoms with E-state index in [0.717, 1.165) is 48.7 Å². The van der Waals surface area contributed by atoms with E-state index in [4.69, 9.17) is 9.47 Å². The van der Waals surface area contributed by atoms with Crippen LogP contribution < -0.4 is 14.4 Å². The molecule has 0 radical (unpaired) electrons. The predicted octanol–water partition coefficient (Wildman–Crippen LogP) is 1.82. The summed E-state index contributed by atoms with van der Waals surface area (Å²) in [7, 11) is 3.24. The van der Waals surface area contributed by atoms with Gasteiger partial charge < -0.3 is 19.3 Å². The van der Waals surface area contributed by atoms with Gasteiger partial charge in [0.05, 0.1) is 37.6 Å². The maximum Gasteiger partial charge on any atom is 0.231 e. The second kappa shape index (κ2) is 8.22. The summed E-state index contributed by atoms with van der Waals surface area (Å²) in [4.78, 5) is 35.4. The summed E-state index contributed by atoms with van der Waals surface area (Å²) >= 11 is 0. The molecule has 0 bridgehead atoms. The molecule has 32 heavy (non-hydrogen) atoms. The molecule has 0 aliphatic carbocycles. The summed E-state index contributed by atoms with van der Waals surface area (Å²) in [5.41, 5.74) is 2.27. The average Bonchev–Trinajstić information content (AvgIpc) is 3.56. The lowest BCUT2D eigenvalue weighted by Gasteiger charge is -2.24. The Hall–Kier alpha value is -3.49. The van der Waals surface area contributed by atoms with Gasteiger partial charge in [-0.25, -0.2) is 4.98 Å². The Morgan fingerprint density at radius 2 is 1.97 bits per heavy atom. The summed E-state index contributed by atoms with van der Waals surface area (Å²) in [5, 5.41) is 0. The molecule has 1 aromatic carbocycles. The SMILES string of the molecule is COc1cccc(C2=NCN=C2CN2CCC3(CCN(c4nccc(OC)n4)C3)C2=O)c1. The van der Waals surface area contributed by atoms with Crippen molar-refractivity contribution in [2.24, 2.45) is 15.4 Å². The lowest BCUT2D eigenvalue weighted by Crippen LogP contribution is -2.40. The number of carbonyl (C=O) groups excluding carboxylic acids is 1. The van der Waals surface area contributed by atoms with Gasteiger partial charge in [-0.05, 0) is 25.0 Å². The van der Waals surface area contributed by atoms with Crippen LogP contribution in [-0.2, 0) is 4.79 Å². The number of aromatic nitrogens is 2. The van der Waals surface area contributed by atoms with Crippen LogP contribution in [0, 0.1) is 5.41 Å². The van der Waals surface area contributed by atoms with E-state index in [1.807, 2.05) is 29.2 Å². The number of anilines is 1. The Labute approximate surface area is 186 Å². The van der Waals surface area contributed by atoms with Crippen molar-refractivity contribution in [3.8, 4) is 11.6 Å². The van der Waals surface area contributed by atoms with E-state index in [0.29, 0.717) is 31.6 Å². The number of likely N-dealkylation sites (tertiary alicyclic amines) is 1. The zero-order valence-electron chi connectivity index (χ0n) is 18.3. The molecule has 2 saturated heterocycles. The number of amides is 1. The molecule has 9 heteroatoms. The molecule has 1 aromatic heterocycles. The first-order valence-corrected chi connectivity index (χ1v) is 10.8. The third-order valence-corrected chi connectivity index (χ3v) is 6.51. The van der Waals surface area contributed by atoms with Crippen molar-refractivity contribution in [1.29, 1.82) is 0 Å². The van der Waals surface area contributed by atoms with Crippen molar-refractivity contribution in [3.63, 3.8) is 0 Å². The van der Waals surface area contributed by atoms with Crippen molar-refractivity contribution in [2.45, 2.75) is 12.8 Å². The van der Waals surface area contributed by atoms with Crippen LogP contribution in [0.25, 0.3) is 0 Å². The van der Waals surface area contributed by atoms with Crippen LogP contribution in [0.4, 0.5) is 5.95 Å².